The fraction of sp³-hybridized carbons (Fsp3) is 0.941. The zero-order valence-corrected chi connectivity index (χ0v) is 14.7. The predicted molar refractivity (Wildman–Crippen MR) is 89.1 cm³/mol. The van der Waals surface area contributed by atoms with Crippen LogP contribution in [0.2, 0.25) is 0 Å². The summed E-state index contributed by atoms with van der Waals surface area (Å²) in [6.45, 7) is 3.91. The quantitative estimate of drug-likeness (QED) is 0.362. The molecule has 1 rings (SSSR count). The van der Waals surface area contributed by atoms with Gasteiger partial charge in [-0.05, 0) is 12.3 Å². The molecule has 0 saturated carbocycles. The van der Waals surface area contributed by atoms with Crippen molar-refractivity contribution in [3.63, 3.8) is 0 Å². The van der Waals surface area contributed by atoms with Crippen molar-refractivity contribution in [1.82, 2.24) is 5.32 Å². The Morgan fingerprint density at radius 3 is 2.42 bits per heavy atom. The molecule has 7 nitrogen and oxygen atoms in total. The largest absolute Gasteiger partial charge is 0.394 e. The fourth-order valence-electron chi connectivity index (χ4n) is 2.85. The van der Waals surface area contributed by atoms with Crippen LogP contribution >= 0.6 is 0 Å². The predicted octanol–water partition coefficient (Wildman–Crippen LogP) is 0.289. The zero-order chi connectivity index (χ0) is 18.1. The van der Waals surface area contributed by atoms with Crippen LogP contribution in [0.1, 0.15) is 58.8 Å². The molecule has 0 spiro atoms. The summed E-state index contributed by atoms with van der Waals surface area (Å²) >= 11 is 0. The molecular formula is C17H33NO6. The van der Waals surface area contributed by atoms with E-state index in [4.69, 9.17) is 9.84 Å². The molecule has 5 N–H and O–H groups in total. The lowest BCUT2D eigenvalue weighted by molar-refractivity contribution is -0.253. The maximum Gasteiger partial charge on any atom is 0.220 e. The topological polar surface area (TPSA) is 119 Å². The van der Waals surface area contributed by atoms with Gasteiger partial charge in [-0.25, -0.2) is 0 Å². The van der Waals surface area contributed by atoms with Crippen molar-refractivity contribution in [2.75, 3.05) is 6.61 Å². The molecule has 142 valence electrons. The van der Waals surface area contributed by atoms with Crippen molar-refractivity contribution in [2.24, 2.45) is 5.92 Å². The normalized spacial score (nSPS) is 31.7. The van der Waals surface area contributed by atoms with Crippen LogP contribution in [0.25, 0.3) is 0 Å². The number of hydrogen-bond acceptors (Lipinski definition) is 6. The highest BCUT2D eigenvalue weighted by Crippen LogP contribution is 2.20. The van der Waals surface area contributed by atoms with Gasteiger partial charge in [0.1, 0.15) is 24.4 Å². The molecule has 0 aromatic carbocycles. The second-order valence-corrected chi connectivity index (χ2v) is 6.79. The minimum Gasteiger partial charge on any atom is -0.394 e. The first-order valence-electron chi connectivity index (χ1n) is 9.00. The molecule has 1 amide bonds. The van der Waals surface area contributed by atoms with Crippen LogP contribution in [0.15, 0.2) is 0 Å². The minimum atomic E-state index is -1.46. The van der Waals surface area contributed by atoms with E-state index in [0.717, 1.165) is 25.2 Å². The second kappa shape index (κ2) is 11.0. The first-order chi connectivity index (χ1) is 11.4. The number of aliphatic hydroxyl groups is 4. The van der Waals surface area contributed by atoms with Crippen LogP contribution < -0.4 is 5.32 Å². The summed E-state index contributed by atoms with van der Waals surface area (Å²) in [5.41, 5.74) is 0. The van der Waals surface area contributed by atoms with Gasteiger partial charge < -0.3 is 30.5 Å². The summed E-state index contributed by atoms with van der Waals surface area (Å²) in [4.78, 5) is 11.9. The molecule has 0 bridgehead atoms. The van der Waals surface area contributed by atoms with Crippen LogP contribution in [0.4, 0.5) is 0 Å². The summed E-state index contributed by atoms with van der Waals surface area (Å²) in [5.74, 6) is 0.454. The van der Waals surface area contributed by atoms with Crippen molar-refractivity contribution in [3.05, 3.63) is 0 Å². The number of hydrogen-bond donors (Lipinski definition) is 5. The average Bonchev–Trinajstić information content (AvgIpc) is 2.57. The third-order valence-electron chi connectivity index (χ3n) is 4.78. The van der Waals surface area contributed by atoms with E-state index in [9.17, 15) is 20.1 Å². The SMILES string of the molecule is CCC(C)CCCCCCC(=O)N[C@@H]1[C@@H](O)[C@H](O)[C@@H](CO)O[C@H]1O. The summed E-state index contributed by atoms with van der Waals surface area (Å²) in [5, 5.41) is 41.1. The monoisotopic (exact) mass is 347 g/mol. The van der Waals surface area contributed by atoms with Gasteiger partial charge in [0.05, 0.1) is 6.61 Å². The number of amides is 1. The lowest BCUT2D eigenvalue weighted by atomic mass is 9.96. The van der Waals surface area contributed by atoms with Gasteiger partial charge in [-0.3, -0.25) is 4.79 Å². The van der Waals surface area contributed by atoms with E-state index < -0.39 is 37.3 Å². The lowest BCUT2D eigenvalue weighted by Gasteiger charge is -2.40. The van der Waals surface area contributed by atoms with Crippen molar-refractivity contribution >= 4 is 5.91 Å². The molecular weight excluding hydrogens is 314 g/mol. The van der Waals surface area contributed by atoms with E-state index in [2.05, 4.69) is 19.2 Å². The van der Waals surface area contributed by atoms with Crippen molar-refractivity contribution in [2.45, 2.75) is 89.4 Å². The molecule has 24 heavy (non-hydrogen) atoms. The van der Waals surface area contributed by atoms with Crippen molar-refractivity contribution < 1.29 is 30.0 Å². The highest BCUT2D eigenvalue weighted by atomic mass is 16.6. The maximum absolute atomic E-state index is 11.9. The van der Waals surface area contributed by atoms with E-state index >= 15 is 0 Å². The highest BCUT2D eigenvalue weighted by molar-refractivity contribution is 5.76. The Hall–Kier alpha value is -0.730. The molecule has 1 aliphatic rings. The van der Waals surface area contributed by atoms with Gasteiger partial charge >= 0.3 is 0 Å². The van der Waals surface area contributed by atoms with Gasteiger partial charge in [-0.2, -0.15) is 0 Å². The van der Waals surface area contributed by atoms with E-state index in [1.54, 1.807) is 0 Å². The maximum atomic E-state index is 11.9. The number of ether oxygens (including phenoxy) is 1. The Bertz CT molecular complexity index is 367. The lowest BCUT2D eigenvalue weighted by Crippen LogP contribution is -2.64. The van der Waals surface area contributed by atoms with E-state index in [1.807, 2.05) is 0 Å². The Labute approximate surface area is 144 Å². The number of nitrogens with one attached hydrogen (secondary N) is 1. The first kappa shape index (κ1) is 21.3. The van der Waals surface area contributed by atoms with Crippen LogP contribution in [-0.2, 0) is 9.53 Å². The number of aliphatic hydroxyl groups excluding tert-OH is 4. The average molecular weight is 347 g/mol. The molecule has 1 saturated heterocycles. The van der Waals surface area contributed by atoms with Gasteiger partial charge in [0.2, 0.25) is 5.91 Å². The molecule has 0 aromatic heterocycles. The van der Waals surface area contributed by atoms with Crippen LogP contribution in [0, 0.1) is 5.92 Å². The molecule has 1 heterocycles. The highest BCUT2D eigenvalue weighted by Gasteiger charge is 2.44. The van der Waals surface area contributed by atoms with Crippen LogP contribution in [-0.4, -0.2) is 63.6 Å². The van der Waals surface area contributed by atoms with E-state index in [0.29, 0.717) is 6.42 Å². The van der Waals surface area contributed by atoms with Crippen molar-refractivity contribution in [1.29, 1.82) is 0 Å². The smallest absolute Gasteiger partial charge is 0.220 e. The van der Waals surface area contributed by atoms with Gasteiger partial charge in [-0.15, -0.1) is 0 Å². The van der Waals surface area contributed by atoms with Gasteiger partial charge in [0.15, 0.2) is 6.29 Å². The Kier molecular flexibility index (Phi) is 9.76. The molecule has 0 radical (unpaired) electrons. The van der Waals surface area contributed by atoms with Crippen molar-refractivity contribution in [3.8, 4) is 0 Å². The molecule has 6 atom stereocenters. The molecule has 1 aliphatic heterocycles. The minimum absolute atomic E-state index is 0.293. The summed E-state index contributed by atoms with van der Waals surface area (Å²) in [6.07, 6.45) is 1.41. The first-order valence-corrected chi connectivity index (χ1v) is 9.00. The number of carbonyl (C=O) groups is 1. The van der Waals surface area contributed by atoms with Gasteiger partial charge in [0, 0.05) is 6.42 Å². The molecule has 0 aromatic rings. The molecule has 1 unspecified atom stereocenters. The Morgan fingerprint density at radius 1 is 1.12 bits per heavy atom. The summed E-state index contributed by atoms with van der Waals surface area (Å²) in [6, 6.07) is -1.10. The van der Waals surface area contributed by atoms with E-state index in [1.165, 1.54) is 19.3 Å². The van der Waals surface area contributed by atoms with Gasteiger partial charge in [-0.1, -0.05) is 46.0 Å². The second-order valence-electron chi connectivity index (χ2n) is 6.79. The zero-order valence-electron chi connectivity index (χ0n) is 14.7. The Morgan fingerprint density at radius 2 is 1.79 bits per heavy atom. The number of unbranched alkanes of at least 4 members (excludes halogenated alkanes) is 3. The molecule has 1 fully saturated rings. The Balaban J connectivity index is 2.24. The van der Waals surface area contributed by atoms with Gasteiger partial charge in [0.25, 0.3) is 0 Å². The fourth-order valence-corrected chi connectivity index (χ4v) is 2.85. The third kappa shape index (κ3) is 6.64. The third-order valence-corrected chi connectivity index (χ3v) is 4.78. The van der Waals surface area contributed by atoms with Crippen LogP contribution in [0.5, 0.6) is 0 Å². The molecule has 7 heteroatoms. The molecule has 0 aliphatic carbocycles. The number of carbonyl (C=O) groups excluding carboxylic acids is 1. The summed E-state index contributed by atoms with van der Waals surface area (Å²) in [7, 11) is 0. The number of rotatable bonds is 10. The standard InChI is InChI=1S/C17H33NO6/c1-3-11(2)8-6-4-5-7-9-13(20)18-14-16(22)15(21)12(10-19)24-17(14)23/h11-12,14-17,19,21-23H,3-10H2,1-2H3,(H,18,20)/t11?,12-,14-,15-,16-,17-/m1/s1. The van der Waals surface area contributed by atoms with Crippen LogP contribution in [0.3, 0.4) is 0 Å². The summed E-state index contributed by atoms with van der Waals surface area (Å²) < 4.78 is 5.00. The van der Waals surface area contributed by atoms with E-state index in [-0.39, 0.29) is 5.91 Å².